The second-order valence-electron chi connectivity index (χ2n) is 2.94. The molecule has 58 valence electrons. The molecule has 1 fully saturated rings. The molecule has 1 aliphatic rings. The van der Waals surface area contributed by atoms with Gasteiger partial charge in [0.05, 0.1) is 5.92 Å². The maximum absolute atomic E-state index is 10.5. The number of nitrogens with zero attached hydrogens (tertiary/aromatic N) is 1. The summed E-state index contributed by atoms with van der Waals surface area (Å²) in [7, 11) is 1.97. The molecular formula is C7H13NO2. The van der Waals surface area contributed by atoms with Crippen molar-refractivity contribution in [1.29, 1.82) is 0 Å². The molecule has 0 aromatic heterocycles. The molecule has 0 aromatic rings. The molecular weight excluding hydrogens is 130 g/mol. The van der Waals surface area contributed by atoms with Gasteiger partial charge in [-0.1, -0.05) is 0 Å². The van der Waals surface area contributed by atoms with Crippen LogP contribution in [0.4, 0.5) is 0 Å². The molecule has 1 saturated heterocycles. The van der Waals surface area contributed by atoms with Crippen LogP contribution in [0.15, 0.2) is 0 Å². The van der Waals surface area contributed by atoms with E-state index in [-0.39, 0.29) is 5.92 Å². The van der Waals surface area contributed by atoms with Crippen molar-refractivity contribution >= 4 is 5.97 Å². The number of piperidine rings is 1. The topological polar surface area (TPSA) is 40.5 Å². The quantitative estimate of drug-likeness (QED) is 0.578. The minimum Gasteiger partial charge on any atom is -0.481 e. The number of rotatable bonds is 1. The molecule has 0 aromatic carbocycles. The van der Waals surface area contributed by atoms with E-state index < -0.39 is 5.97 Å². The molecule has 0 spiro atoms. The van der Waals surface area contributed by atoms with Gasteiger partial charge in [-0.25, -0.2) is 0 Å². The van der Waals surface area contributed by atoms with E-state index in [4.69, 9.17) is 5.11 Å². The lowest BCUT2D eigenvalue weighted by molar-refractivity contribution is -0.143. The van der Waals surface area contributed by atoms with Gasteiger partial charge in [0.15, 0.2) is 0 Å². The zero-order valence-corrected chi connectivity index (χ0v) is 6.21. The summed E-state index contributed by atoms with van der Waals surface area (Å²) in [6.07, 6.45) is 1.87. The summed E-state index contributed by atoms with van der Waals surface area (Å²) in [6, 6.07) is 0. The van der Waals surface area contributed by atoms with Gasteiger partial charge >= 0.3 is 5.97 Å². The normalized spacial score (nSPS) is 28.3. The Morgan fingerprint density at radius 3 is 2.80 bits per heavy atom. The third-order valence-electron chi connectivity index (χ3n) is 1.97. The fourth-order valence-corrected chi connectivity index (χ4v) is 1.37. The van der Waals surface area contributed by atoms with Gasteiger partial charge in [-0.3, -0.25) is 4.79 Å². The van der Waals surface area contributed by atoms with Crippen LogP contribution in [-0.2, 0) is 4.79 Å². The van der Waals surface area contributed by atoms with E-state index in [2.05, 4.69) is 4.90 Å². The van der Waals surface area contributed by atoms with E-state index in [0.717, 1.165) is 25.9 Å². The summed E-state index contributed by atoms with van der Waals surface area (Å²) in [5.74, 6) is -0.773. The zero-order chi connectivity index (χ0) is 7.56. The van der Waals surface area contributed by atoms with Crippen LogP contribution in [0.1, 0.15) is 12.8 Å². The molecule has 0 bridgehead atoms. The lowest BCUT2D eigenvalue weighted by atomic mass is 9.99. The largest absolute Gasteiger partial charge is 0.481 e. The van der Waals surface area contributed by atoms with Gasteiger partial charge in [-0.2, -0.15) is 0 Å². The molecule has 1 rings (SSSR count). The third kappa shape index (κ3) is 1.70. The van der Waals surface area contributed by atoms with Crippen LogP contribution in [0.25, 0.3) is 0 Å². The summed E-state index contributed by atoms with van der Waals surface area (Å²) >= 11 is 0. The number of likely N-dealkylation sites (tertiary alicyclic amines) is 1. The molecule has 1 atom stereocenters. The minimum absolute atomic E-state index is 0.126. The number of carboxylic acids is 1. The van der Waals surface area contributed by atoms with E-state index in [9.17, 15) is 4.79 Å². The van der Waals surface area contributed by atoms with Gasteiger partial charge in [0.2, 0.25) is 0 Å². The highest BCUT2D eigenvalue weighted by molar-refractivity contribution is 5.70. The molecule has 10 heavy (non-hydrogen) atoms. The number of carbonyl (C=O) groups is 1. The first kappa shape index (κ1) is 7.54. The SMILES string of the molecule is CN1CCC[C@@H](C(=O)O)C1. The monoisotopic (exact) mass is 143 g/mol. The predicted molar refractivity (Wildman–Crippen MR) is 37.9 cm³/mol. The van der Waals surface area contributed by atoms with Crippen LogP contribution in [0, 0.1) is 5.92 Å². The summed E-state index contributed by atoms with van der Waals surface area (Å²) in [5, 5.41) is 8.63. The zero-order valence-electron chi connectivity index (χ0n) is 6.21. The lowest BCUT2D eigenvalue weighted by Crippen LogP contribution is -2.35. The van der Waals surface area contributed by atoms with Gasteiger partial charge < -0.3 is 10.0 Å². The van der Waals surface area contributed by atoms with Crippen LogP contribution in [0.2, 0.25) is 0 Å². The van der Waals surface area contributed by atoms with Crippen LogP contribution >= 0.6 is 0 Å². The summed E-state index contributed by atoms with van der Waals surface area (Å²) in [5.41, 5.74) is 0. The third-order valence-corrected chi connectivity index (χ3v) is 1.97. The highest BCUT2D eigenvalue weighted by Crippen LogP contribution is 2.14. The Morgan fingerprint density at radius 1 is 1.70 bits per heavy atom. The molecule has 0 amide bonds. The van der Waals surface area contributed by atoms with Gasteiger partial charge in [-0.15, -0.1) is 0 Å². The molecule has 0 aliphatic carbocycles. The fraction of sp³-hybridized carbons (Fsp3) is 0.857. The van der Waals surface area contributed by atoms with Gasteiger partial charge in [-0.05, 0) is 26.4 Å². The van der Waals surface area contributed by atoms with Crippen LogP contribution in [0.5, 0.6) is 0 Å². The minimum atomic E-state index is -0.647. The Labute approximate surface area is 60.6 Å². The molecule has 1 aliphatic heterocycles. The highest BCUT2D eigenvalue weighted by Gasteiger charge is 2.22. The second kappa shape index (κ2) is 3.01. The van der Waals surface area contributed by atoms with Crippen molar-refractivity contribution in [2.45, 2.75) is 12.8 Å². The van der Waals surface area contributed by atoms with E-state index in [1.54, 1.807) is 0 Å². The number of aliphatic carboxylic acids is 1. The number of carboxylic acid groups (broad SMARTS) is 1. The molecule has 3 nitrogen and oxygen atoms in total. The first-order valence-corrected chi connectivity index (χ1v) is 3.61. The van der Waals surface area contributed by atoms with Gasteiger partial charge in [0.25, 0.3) is 0 Å². The van der Waals surface area contributed by atoms with Crippen LogP contribution < -0.4 is 0 Å². The molecule has 0 radical (unpaired) electrons. The van der Waals surface area contributed by atoms with E-state index >= 15 is 0 Å². The maximum atomic E-state index is 10.5. The van der Waals surface area contributed by atoms with Crippen molar-refractivity contribution in [3.8, 4) is 0 Å². The Bertz CT molecular complexity index is 136. The Hall–Kier alpha value is -0.570. The molecule has 3 heteroatoms. The second-order valence-corrected chi connectivity index (χ2v) is 2.94. The maximum Gasteiger partial charge on any atom is 0.307 e. The summed E-state index contributed by atoms with van der Waals surface area (Å²) in [4.78, 5) is 12.5. The number of hydrogen-bond donors (Lipinski definition) is 1. The highest BCUT2D eigenvalue weighted by atomic mass is 16.4. The van der Waals surface area contributed by atoms with Crippen molar-refractivity contribution in [2.24, 2.45) is 5.92 Å². The van der Waals surface area contributed by atoms with Crippen LogP contribution in [0.3, 0.4) is 0 Å². The van der Waals surface area contributed by atoms with Crippen molar-refractivity contribution in [3.63, 3.8) is 0 Å². The average molecular weight is 143 g/mol. The van der Waals surface area contributed by atoms with Crippen LogP contribution in [-0.4, -0.2) is 36.1 Å². The first-order valence-electron chi connectivity index (χ1n) is 3.61. The number of hydrogen-bond acceptors (Lipinski definition) is 2. The smallest absolute Gasteiger partial charge is 0.307 e. The predicted octanol–water partition coefficient (Wildman–Crippen LogP) is 0.413. The Morgan fingerprint density at radius 2 is 2.40 bits per heavy atom. The average Bonchev–Trinajstić information content (AvgIpc) is 1.88. The van der Waals surface area contributed by atoms with E-state index in [0.29, 0.717) is 0 Å². The molecule has 1 heterocycles. The van der Waals surface area contributed by atoms with E-state index in [1.165, 1.54) is 0 Å². The Kier molecular flexibility index (Phi) is 2.27. The van der Waals surface area contributed by atoms with Crippen molar-refractivity contribution in [3.05, 3.63) is 0 Å². The standard InChI is InChI=1S/C7H13NO2/c1-8-4-2-3-6(5-8)7(9)10/h6H,2-5H2,1H3,(H,9,10)/t6-/m1/s1. The molecule has 0 saturated carbocycles. The Balaban J connectivity index is 2.39. The van der Waals surface area contributed by atoms with Gasteiger partial charge in [0.1, 0.15) is 0 Å². The molecule has 1 N–H and O–H groups in total. The fourth-order valence-electron chi connectivity index (χ4n) is 1.37. The van der Waals surface area contributed by atoms with Crippen molar-refractivity contribution < 1.29 is 9.90 Å². The molecule has 0 unspecified atom stereocenters. The summed E-state index contributed by atoms with van der Waals surface area (Å²) in [6.45, 7) is 1.76. The summed E-state index contributed by atoms with van der Waals surface area (Å²) < 4.78 is 0. The van der Waals surface area contributed by atoms with Gasteiger partial charge in [0, 0.05) is 6.54 Å². The van der Waals surface area contributed by atoms with Crippen molar-refractivity contribution in [2.75, 3.05) is 20.1 Å². The van der Waals surface area contributed by atoms with E-state index in [1.807, 2.05) is 7.05 Å². The lowest BCUT2D eigenvalue weighted by Gasteiger charge is -2.26. The first-order chi connectivity index (χ1) is 4.70. The van der Waals surface area contributed by atoms with Crippen molar-refractivity contribution in [1.82, 2.24) is 4.90 Å².